The van der Waals surface area contributed by atoms with E-state index in [9.17, 15) is 39.5 Å². The Labute approximate surface area is 78.1 Å². The summed E-state index contributed by atoms with van der Waals surface area (Å²) < 4.78 is 108. The molecule has 0 unspecified atom stereocenters. The number of alkyl halides is 9. The van der Waals surface area contributed by atoms with Crippen LogP contribution >= 0.6 is 0 Å². The first kappa shape index (κ1) is 14.4. The minimum atomic E-state index is -6.53. The number of rotatable bonds is 4. The molecule has 0 aliphatic carbocycles. The van der Waals surface area contributed by atoms with Gasteiger partial charge in [0.05, 0.1) is 0 Å². The third kappa shape index (κ3) is 2.00. The highest BCUT2D eigenvalue weighted by molar-refractivity contribution is 5.04. The van der Waals surface area contributed by atoms with Crippen molar-refractivity contribution in [2.75, 3.05) is 6.67 Å². The van der Waals surface area contributed by atoms with Gasteiger partial charge in [0.1, 0.15) is 0 Å². The van der Waals surface area contributed by atoms with Gasteiger partial charge in [0.15, 0.2) is 6.67 Å². The molecule has 0 aromatic rings. The van der Waals surface area contributed by atoms with E-state index < -0.39 is 30.4 Å². The fraction of sp³-hybridized carbons (Fsp3) is 0.833. The fourth-order valence-corrected chi connectivity index (χ4v) is 0.543. The van der Waals surface area contributed by atoms with E-state index in [4.69, 9.17) is 0 Å². The van der Waals surface area contributed by atoms with E-state index in [0.717, 1.165) is 0 Å². The summed E-state index contributed by atoms with van der Waals surface area (Å²) in [4.78, 5) is 0. The highest BCUT2D eigenvalue weighted by atomic mass is 19.4. The molecule has 0 N–H and O–H groups in total. The van der Waals surface area contributed by atoms with Gasteiger partial charge in [0.2, 0.25) is 0 Å². The van der Waals surface area contributed by atoms with Gasteiger partial charge >= 0.3 is 23.7 Å². The fourth-order valence-electron chi connectivity index (χ4n) is 0.543. The van der Waals surface area contributed by atoms with E-state index in [1.54, 1.807) is 0 Å². The minimum absolute atomic E-state index is 1.34. The number of hydrogen-bond donors (Lipinski definition) is 0. The average molecular weight is 247 g/mol. The van der Waals surface area contributed by atoms with Crippen LogP contribution in [0.2, 0.25) is 0 Å². The van der Waals surface area contributed by atoms with Gasteiger partial charge in [-0.1, -0.05) is 0 Å². The van der Waals surface area contributed by atoms with Crippen molar-refractivity contribution in [3.63, 3.8) is 0 Å². The summed E-state index contributed by atoms with van der Waals surface area (Å²) >= 11 is 0. The Morgan fingerprint density at radius 2 is 1.07 bits per heavy atom. The Morgan fingerprint density at radius 3 is 1.27 bits per heavy atom. The van der Waals surface area contributed by atoms with E-state index in [1.807, 2.05) is 0 Å². The first-order valence-corrected chi connectivity index (χ1v) is 3.24. The van der Waals surface area contributed by atoms with Gasteiger partial charge in [-0.25, -0.2) is 4.39 Å². The van der Waals surface area contributed by atoms with Crippen LogP contribution in [0.25, 0.3) is 0 Å². The molecule has 9 heteroatoms. The number of hydrogen-bond acceptors (Lipinski definition) is 0. The van der Waals surface area contributed by atoms with Crippen molar-refractivity contribution in [3.8, 4) is 0 Å². The van der Waals surface area contributed by atoms with Crippen molar-refractivity contribution in [2.45, 2.75) is 23.7 Å². The van der Waals surface area contributed by atoms with Crippen LogP contribution in [0.4, 0.5) is 39.5 Å². The number of halogens is 9. The summed E-state index contributed by atoms with van der Waals surface area (Å²) in [5.74, 6) is -24.5. The van der Waals surface area contributed by atoms with Crippen LogP contribution in [0.5, 0.6) is 0 Å². The topological polar surface area (TPSA) is 0 Å². The van der Waals surface area contributed by atoms with Crippen molar-refractivity contribution in [2.24, 2.45) is 0 Å². The van der Waals surface area contributed by atoms with Gasteiger partial charge in [-0.3, -0.25) is 0 Å². The molecule has 91 valence electrons. The van der Waals surface area contributed by atoms with Gasteiger partial charge in [0.25, 0.3) is 0 Å². The van der Waals surface area contributed by atoms with Gasteiger partial charge in [-0.15, -0.1) is 0 Å². The quantitative estimate of drug-likeness (QED) is 0.668. The molecule has 0 aliphatic rings. The zero-order valence-electron chi connectivity index (χ0n) is 6.82. The molecule has 0 aromatic heterocycles. The van der Waals surface area contributed by atoms with Crippen LogP contribution in [-0.4, -0.2) is 30.4 Å². The predicted octanol–water partition coefficient (Wildman–Crippen LogP) is 3.33. The Hall–Kier alpha value is -0.630. The molecular weight excluding hydrogens is 243 g/mol. The van der Waals surface area contributed by atoms with Crippen LogP contribution in [0, 0.1) is 6.92 Å². The van der Waals surface area contributed by atoms with Gasteiger partial charge in [-0.05, 0) is 0 Å². The van der Waals surface area contributed by atoms with E-state index in [1.165, 1.54) is 6.92 Å². The van der Waals surface area contributed by atoms with E-state index in [-0.39, 0.29) is 0 Å². The van der Waals surface area contributed by atoms with E-state index >= 15 is 0 Å². The summed E-state index contributed by atoms with van der Waals surface area (Å²) in [7, 11) is 0. The van der Waals surface area contributed by atoms with Crippen LogP contribution in [0.3, 0.4) is 0 Å². The van der Waals surface area contributed by atoms with Gasteiger partial charge < -0.3 is 0 Å². The normalized spacial score (nSPS) is 15.6. The first-order valence-electron chi connectivity index (χ1n) is 3.24. The summed E-state index contributed by atoms with van der Waals surface area (Å²) in [6.07, 6.45) is 0. The molecule has 0 aliphatic heterocycles. The lowest BCUT2D eigenvalue weighted by Crippen LogP contribution is -2.62. The highest BCUT2D eigenvalue weighted by Gasteiger charge is 2.79. The lowest BCUT2D eigenvalue weighted by atomic mass is 10.0. The molecule has 0 rings (SSSR count). The smallest absolute Gasteiger partial charge is 0.244 e. The third-order valence-electron chi connectivity index (χ3n) is 1.48. The van der Waals surface area contributed by atoms with Crippen molar-refractivity contribution in [1.82, 2.24) is 0 Å². The summed E-state index contributed by atoms with van der Waals surface area (Å²) in [6.45, 7) is -1.85. The van der Waals surface area contributed by atoms with Gasteiger partial charge in [0, 0.05) is 6.92 Å². The molecule has 0 spiro atoms. The lowest BCUT2D eigenvalue weighted by molar-refractivity contribution is -0.357. The second-order valence-electron chi connectivity index (χ2n) is 2.69. The molecule has 0 saturated heterocycles. The largest absolute Gasteiger partial charge is 0.380 e. The average Bonchev–Trinajstić information content (AvgIpc) is 2.01. The molecule has 0 atom stereocenters. The highest BCUT2D eigenvalue weighted by Crippen LogP contribution is 2.52. The minimum Gasteiger partial charge on any atom is -0.244 e. The van der Waals surface area contributed by atoms with Crippen molar-refractivity contribution in [1.29, 1.82) is 0 Å². The summed E-state index contributed by atoms with van der Waals surface area (Å²) in [5, 5.41) is 0. The maximum atomic E-state index is 12.2. The molecule has 0 saturated carbocycles. The predicted molar refractivity (Wildman–Crippen MR) is 31.1 cm³/mol. The zero-order valence-corrected chi connectivity index (χ0v) is 6.82. The molecule has 0 heterocycles. The Morgan fingerprint density at radius 1 is 0.733 bits per heavy atom. The summed E-state index contributed by atoms with van der Waals surface area (Å²) in [5.41, 5.74) is 0. The SMILES string of the molecule is [CH2]C(F)(F)C(F)(F)C(F)(F)C(F)(F)CF. The van der Waals surface area contributed by atoms with E-state index in [0.29, 0.717) is 0 Å². The molecular formula is C6H4F9. The molecule has 0 amide bonds. The maximum Gasteiger partial charge on any atom is 0.380 e. The second kappa shape index (κ2) is 3.44. The Balaban J connectivity index is 5.38. The molecule has 15 heavy (non-hydrogen) atoms. The maximum absolute atomic E-state index is 12.2. The molecule has 0 nitrogen and oxygen atoms in total. The first-order chi connectivity index (χ1) is 6.31. The molecule has 0 bridgehead atoms. The van der Waals surface area contributed by atoms with Crippen molar-refractivity contribution in [3.05, 3.63) is 6.92 Å². The Kier molecular flexibility index (Phi) is 3.30. The molecule has 1 radical (unpaired) electrons. The molecule has 0 aromatic carbocycles. The Bertz CT molecular complexity index is 225. The van der Waals surface area contributed by atoms with Crippen LogP contribution in [-0.2, 0) is 0 Å². The van der Waals surface area contributed by atoms with Gasteiger partial charge in [-0.2, -0.15) is 35.1 Å². The van der Waals surface area contributed by atoms with Crippen LogP contribution < -0.4 is 0 Å². The van der Waals surface area contributed by atoms with E-state index in [2.05, 4.69) is 0 Å². The summed E-state index contributed by atoms with van der Waals surface area (Å²) in [6, 6.07) is 0. The third-order valence-corrected chi connectivity index (χ3v) is 1.48. The standard InChI is InChI=1S/C6H4F9/c1-3(8,9)5(12,13)6(14,15)4(10,11)2-7/h1-2H2. The zero-order chi connectivity index (χ0) is 12.7. The monoisotopic (exact) mass is 247 g/mol. The molecule has 0 fully saturated rings. The lowest BCUT2D eigenvalue weighted by Gasteiger charge is -2.34. The van der Waals surface area contributed by atoms with Crippen molar-refractivity contribution < 1.29 is 39.5 Å². The van der Waals surface area contributed by atoms with Crippen molar-refractivity contribution >= 4 is 0 Å². The van der Waals surface area contributed by atoms with Crippen LogP contribution in [0.1, 0.15) is 0 Å². The van der Waals surface area contributed by atoms with Crippen LogP contribution in [0.15, 0.2) is 0 Å². The second-order valence-corrected chi connectivity index (χ2v) is 2.69.